The van der Waals surface area contributed by atoms with E-state index in [9.17, 15) is 0 Å². The van der Waals surface area contributed by atoms with Crippen molar-refractivity contribution < 1.29 is 4.74 Å². The summed E-state index contributed by atoms with van der Waals surface area (Å²) >= 11 is 3.66. The summed E-state index contributed by atoms with van der Waals surface area (Å²) in [6.45, 7) is 1.85. The highest BCUT2D eigenvalue weighted by Gasteiger charge is 2.37. The quantitative estimate of drug-likeness (QED) is 0.889. The first-order valence-corrected chi connectivity index (χ1v) is 8.95. The summed E-state index contributed by atoms with van der Waals surface area (Å²) < 4.78 is 7.08. The maximum Gasteiger partial charge on any atom is 0.127 e. The van der Waals surface area contributed by atoms with Crippen molar-refractivity contribution in [1.29, 1.82) is 0 Å². The average molecular weight is 351 g/mol. The molecule has 114 valence electrons. The Labute approximate surface area is 135 Å². The van der Waals surface area contributed by atoms with Gasteiger partial charge in [-0.15, -0.1) is 0 Å². The first kappa shape index (κ1) is 14.0. The molecule has 2 fully saturated rings. The molecule has 0 saturated carbocycles. The highest BCUT2D eigenvalue weighted by atomic mass is 79.9. The number of nitrogens with two attached hydrogens (primary N) is 1. The van der Waals surface area contributed by atoms with Gasteiger partial charge in [0.2, 0.25) is 0 Å². The Kier molecular flexibility index (Phi) is 3.72. The van der Waals surface area contributed by atoms with Crippen molar-refractivity contribution in [2.75, 3.05) is 6.61 Å². The van der Waals surface area contributed by atoms with Gasteiger partial charge < -0.3 is 10.5 Å². The van der Waals surface area contributed by atoms with Crippen LogP contribution in [0, 0.1) is 0 Å². The van der Waals surface area contributed by atoms with Gasteiger partial charge in [-0.2, -0.15) is 0 Å². The third-order valence-corrected chi connectivity index (χ3v) is 5.80. The van der Waals surface area contributed by atoms with Crippen molar-refractivity contribution in [3.63, 3.8) is 0 Å². The smallest absolute Gasteiger partial charge is 0.127 e. The fourth-order valence-corrected chi connectivity index (χ4v) is 4.99. The summed E-state index contributed by atoms with van der Waals surface area (Å²) in [4.78, 5) is 2.70. The zero-order chi connectivity index (χ0) is 14.4. The molecule has 0 radical (unpaired) electrons. The maximum atomic E-state index is 6.24. The molecule has 2 saturated heterocycles. The van der Waals surface area contributed by atoms with Gasteiger partial charge in [-0.25, -0.2) is 0 Å². The first-order valence-electron chi connectivity index (χ1n) is 8.16. The molecule has 1 aromatic carbocycles. The highest BCUT2D eigenvalue weighted by Crippen LogP contribution is 2.38. The van der Waals surface area contributed by atoms with E-state index in [4.69, 9.17) is 10.5 Å². The number of nitrogens with zero attached hydrogens (tertiary/aromatic N) is 1. The highest BCUT2D eigenvalue weighted by molar-refractivity contribution is 9.10. The third-order valence-electron chi connectivity index (χ3n) is 5.34. The summed E-state index contributed by atoms with van der Waals surface area (Å²) in [5.41, 5.74) is 8.95. The van der Waals surface area contributed by atoms with Crippen LogP contribution in [-0.4, -0.2) is 29.6 Å². The van der Waals surface area contributed by atoms with E-state index in [2.05, 4.69) is 33.0 Å². The number of ether oxygens (including phenoxy) is 1. The van der Waals surface area contributed by atoms with Crippen LogP contribution in [0.4, 0.5) is 0 Å². The largest absolute Gasteiger partial charge is 0.493 e. The summed E-state index contributed by atoms with van der Waals surface area (Å²) in [6.07, 6.45) is 7.34. The molecule has 3 nitrogen and oxygen atoms in total. The van der Waals surface area contributed by atoms with Gasteiger partial charge >= 0.3 is 0 Å². The van der Waals surface area contributed by atoms with Crippen LogP contribution < -0.4 is 10.5 Å². The average Bonchev–Trinajstić information content (AvgIpc) is 2.88. The molecule has 0 aliphatic carbocycles. The van der Waals surface area contributed by atoms with Gasteiger partial charge in [0.05, 0.1) is 6.61 Å². The Morgan fingerprint density at radius 3 is 2.76 bits per heavy atom. The zero-order valence-corrected chi connectivity index (χ0v) is 13.9. The summed E-state index contributed by atoms with van der Waals surface area (Å²) in [6, 6.07) is 6.20. The van der Waals surface area contributed by atoms with Crippen LogP contribution in [0.2, 0.25) is 0 Å². The molecule has 4 rings (SSSR count). The molecular weight excluding hydrogens is 328 g/mol. The lowest BCUT2D eigenvalue weighted by atomic mass is 9.82. The lowest BCUT2D eigenvalue weighted by Crippen LogP contribution is -2.54. The van der Waals surface area contributed by atoms with Gasteiger partial charge in [-0.1, -0.05) is 22.4 Å². The van der Waals surface area contributed by atoms with Crippen LogP contribution in [0.15, 0.2) is 16.6 Å². The molecule has 1 aromatic rings. The van der Waals surface area contributed by atoms with E-state index in [0.717, 1.165) is 38.2 Å². The second kappa shape index (κ2) is 5.56. The molecule has 3 heterocycles. The number of hydrogen-bond acceptors (Lipinski definition) is 3. The standard InChI is InChI=1S/C17H23BrN2O/c18-13-6-11-4-5-21-17(11)12(7-13)10-20-15-2-1-3-16(20)9-14(19)8-15/h6-7,14-16H,1-5,8-10,19H2. The van der Waals surface area contributed by atoms with Crippen molar-refractivity contribution in [3.05, 3.63) is 27.7 Å². The van der Waals surface area contributed by atoms with Crippen LogP contribution in [0.25, 0.3) is 0 Å². The number of hydrogen-bond donors (Lipinski definition) is 1. The van der Waals surface area contributed by atoms with Gasteiger partial charge in [-0.05, 0) is 43.4 Å². The minimum absolute atomic E-state index is 0.404. The van der Waals surface area contributed by atoms with Crippen molar-refractivity contribution >= 4 is 15.9 Å². The number of rotatable bonds is 2. The fraction of sp³-hybridized carbons (Fsp3) is 0.647. The second-order valence-electron chi connectivity index (χ2n) is 6.79. The molecule has 0 aromatic heterocycles. The van der Waals surface area contributed by atoms with E-state index in [1.165, 1.54) is 34.9 Å². The van der Waals surface area contributed by atoms with E-state index < -0.39 is 0 Å². The van der Waals surface area contributed by atoms with Crippen molar-refractivity contribution in [2.45, 2.75) is 63.2 Å². The Balaban J connectivity index is 1.61. The predicted octanol–water partition coefficient (Wildman–Crippen LogP) is 3.23. The minimum Gasteiger partial charge on any atom is -0.493 e. The fourth-order valence-electron chi connectivity index (χ4n) is 4.44. The molecule has 4 heteroatoms. The predicted molar refractivity (Wildman–Crippen MR) is 87.5 cm³/mol. The Morgan fingerprint density at radius 2 is 2.00 bits per heavy atom. The molecule has 21 heavy (non-hydrogen) atoms. The van der Waals surface area contributed by atoms with E-state index in [1.807, 2.05) is 0 Å². The number of benzene rings is 1. The van der Waals surface area contributed by atoms with Gasteiger partial charge in [0.15, 0.2) is 0 Å². The number of halogens is 1. The molecule has 2 bridgehead atoms. The van der Waals surface area contributed by atoms with E-state index in [0.29, 0.717) is 18.1 Å². The molecule has 0 amide bonds. The Bertz CT molecular complexity index is 534. The first-order chi connectivity index (χ1) is 10.2. The van der Waals surface area contributed by atoms with E-state index in [1.54, 1.807) is 0 Å². The lowest BCUT2D eigenvalue weighted by molar-refractivity contribution is 0.0239. The van der Waals surface area contributed by atoms with Crippen LogP contribution in [0.3, 0.4) is 0 Å². The minimum atomic E-state index is 0.404. The molecule has 3 aliphatic rings. The zero-order valence-electron chi connectivity index (χ0n) is 12.4. The molecule has 3 aliphatic heterocycles. The van der Waals surface area contributed by atoms with E-state index >= 15 is 0 Å². The van der Waals surface area contributed by atoms with Gasteiger partial charge in [0, 0.05) is 41.1 Å². The summed E-state index contributed by atoms with van der Waals surface area (Å²) in [5.74, 6) is 1.14. The Hall–Kier alpha value is -0.580. The summed E-state index contributed by atoms with van der Waals surface area (Å²) in [5, 5.41) is 0. The SMILES string of the molecule is NC1CC2CCCC(C1)N2Cc1cc(Br)cc2c1OCC2. The van der Waals surface area contributed by atoms with Crippen molar-refractivity contribution in [3.8, 4) is 5.75 Å². The number of piperidine rings is 2. The van der Waals surface area contributed by atoms with Crippen LogP contribution in [0.5, 0.6) is 5.75 Å². The molecular formula is C17H23BrN2O. The number of fused-ring (bicyclic) bond motifs is 3. The monoisotopic (exact) mass is 350 g/mol. The van der Waals surface area contributed by atoms with Crippen LogP contribution in [-0.2, 0) is 13.0 Å². The van der Waals surface area contributed by atoms with E-state index in [-0.39, 0.29) is 0 Å². The van der Waals surface area contributed by atoms with Crippen LogP contribution >= 0.6 is 15.9 Å². The third kappa shape index (κ3) is 2.62. The molecule has 2 unspecified atom stereocenters. The maximum absolute atomic E-state index is 6.24. The van der Waals surface area contributed by atoms with Gasteiger partial charge in [0.1, 0.15) is 5.75 Å². The van der Waals surface area contributed by atoms with Crippen molar-refractivity contribution in [2.24, 2.45) is 5.73 Å². The normalized spacial score (nSPS) is 31.8. The molecule has 0 spiro atoms. The molecule has 2 atom stereocenters. The molecule has 2 N–H and O–H groups in total. The van der Waals surface area contributed by atoms with Gasteiger partial charge in [0.25, 0.3) is 0 Å². The topological polar surface area (TPSA) is 38.5 Å². The van der Waals surface area contributed by atoms with Crippen LogP contribution in [0.1, 0.15) is 43.2 Å². The van der Waals surface area contributed by atoms with Gasteiger partial charge in [-0.3, -0.25) is 4.90 Å². The lowest BCUT2D eigenvalue weighted by Gasteiger charge is -2.48. The Morgan fingerprint density at radius 1 is 1.24 bits per heavy atom. The van der Waals surface area contributed by atoms with Crippen molar-refractivity contribution in [1.82, 2.24) is 4.90 Å². The second-order valence-corrected chi connectivity index (χ2v) is 7.71. The summed E-state index contributed by atoms with van der Waals surface area (Å²) in [7, 11) is 0.